The van der Waals surface area contributed by atoms with Crippen molar-refractivity contribution >= 4 is 39.9 Å². The zero-order chi connectivity index (χ0) is 19.7. The molecule has 1 aromatic heterocycles. The van der Waals surface area contributed by atoms with Crippen LogP contribution in [-0.2, 0) is 6.42 Å². The Bertz CT molecular complexity index is 863. The van der Waals surface area contributed by atoms with Crippen molar-refractivity contribution in [1.82, 2.24) is 15.3 Å². The second-order valence-electron chi connectivity index (χ2n) is 7.41. The minimum absolute atomic E-state index is 0.0451. The second-order valence-corrected chi connectivity index (χ2v) is 8.57. The lowest BCUT2D eigenvalue weighted by Gasteiger charge is -2.27. The van der Waals surface area contributed by atoms with E-state index < -0.39 is 0 Å². The van der Waals surface area contributed by atoms with Crippen molar-refractivity contribution < 1.29 is 9.47 Å². The molecule has 0 spiro atoms. The molecule has 9 heteroatoms. The van der Waals surface area contributed by atoms with E-state index in [1.54, 1.807) is 0 Å². The lowest BCUT2D eigenvalue weighted by molar-refractivity contribution is 0.174. The van der Waals surface area contributed by atoms with E-state index in [2.05, 4.69) is 68.0 Å². The van der Waals surface area contributed by atoms with E-state index in [1.807, 2.05) is 6.07 Å². The molecular weight excluding hydrogens is 471 g/mol. The Hall–Kier alpha value is -2.01. The molecule has 1 atom stereocenters. The fraction of sp³-hybridized carbons (Fsp3) is 0.474. The number of nitrogens with zero attached hydrogens (tertiary/aromatic N) is 3. The SMILES string of the molecule is CC(C)CNCCN1c2ncnc(N)c2NC1Cc1cc2c(cc1I)OCO2. The molecule has 2 aromatic rings. The van der Waals surface area contributed by atoms with Crippen LogP contribution in [0.3, 0.4) is 0 Å². The molecule has 1 aromatic carbocycles. The fourth-order valence-corrected chi connectivity index (χ4v) is 4.13. The van der Waals surface area contributed by atoms with Crippen LogP contribution >= 0.6 is 22.6 Å². The summed E-state index contributed by atoms with van der Waals surface area (Å²) in [4.78, 5) is 10.9. The van der Waals surface area contributed by atoms with Gasteiger partial charge in [0.15, 0.2) is 23.1 Å². The Balaban J connectivity index is 1.54. The predicted octanol–water partition coefficient (Wildman–Crippen LogP) is 2.44. The number of fused-ring (bicyclic) bond motifs is 2. The van der Waals surface area contributed by atoms with Gasteiger partial charge in [-0.15, -0.1) is 0 Å². The van der Waals surface area contributed by atoms with Crippen LogP contribution in [-0.4, -0.2) is 42.6 Å². The maximum absolute atomic E-state index is 6.09. The third-order valence-corrected chi connectivity index (χ3v) is 5.86. The molecule has 0 amide bonds. The molecule has 3 heterocycles. The Morgan fingerprint density at radius 2 is 2.11 bits per heavy atom. The highest BCUT2D eigenvalue weighted by Gasteiger charge is 2.32. The summed E-state index contributed by atoms with van der Waals surface area (Å²) in [6, 6.07) is 4.10. The van der Waals surface area contributed by atoms with Crippen LogP contribution in [0, 0.1) is 9.49 Å². The molecule has 0 saturated carbocycles. The molecular formula is C19H25IN6O2. The third kappa shape index (κ3) is 3.90. The van der Waals surface area contributed by atoms with Crippen LogP contribution in [0.1, 0.15) is 19.4 Å². The number of ether oxygens (including phenoxy) is 2. The number of nitrogens with one attached hydrogen (secondary N) is 2. The smallest absolute Gasteiger partial charge is 0.231 e. The van der Waals surface area contributed by atoms with Crippen molar-refractivity contribution in [3.8, 4) is 11.5 Å². The Kier molecular flexibility index (Phi) is 5.63. The molecule has 4 rings (SSSR count). The van der Waals surface area contributed by atoms with Crippen LogP contribution in [0.15, 0.2) is 18.5 Å². The largest absolute Gasteiger partial charge is 0.454 e. The van der Waals surface area contributed by atoms with Crippen molar-refractivity contribution in [1.29, 1.82) is 0 Å². The summed E-state index contributed by atoms with van der Waals surface area (Å²) in [6.07, 6.45) is 2.36. The molecule has 0 saturated heterocycles. The van der Waals surface area contributed by atoms with E-state index >= 15 is 0 Å². The summed E-state index contributed by atoms with van der Waals surface area (Å²) in [7, 11) is 0. The summed E-state index contributed by atoms with van der Waals surface area (Å²) >= 11 is 2.35. The van der Waals surface area contributed by atoms with Gasteiger partial charge in [-0.3, -0.25) is 0 Å². The molecule has 0 aliphatic carbocycles. The molecule has 2 aliphatic rings. The van der Waals surface area contributed by atoms with Crippen LogP contribution < -0.4 is 30.7 Å². The Morgan fingerprint density at radius 3 is 2.89 bits per heavy atom. The minimum atomic E-state index is 0.0451. The van der Waals surface area contributed by atoms with Crippen molar-refractivity contribution in [3.05, 3.63) is 27.6 Å². The lowest BCUT2D eigenvalue weighted by Crippen LogP contribution is -2.42. The number of anilines is 3. The predicted molar refractivity (Wildman–Crippen MR) is 118 cm³/mol. The van der Waals surface area contributed by atoms with E-state index in [0.29, 0.717) is 11.7 Å². The van der Waals surface area contributed by atoms with E-state index in [0.717, 1.165) is 52.6 Å². The third-order valence-electron chi connectivity index (χ3n) is 4.85. The molecule has 1 unspecified atom stereocenters. The number of nitrogen functional groups attached to an aromatic ring is 1. The molecule has 0 bridgehead atoms. The van der Waals surface area contributed by atoms with E-state index in [9.17, 15) is 0 Å². The summed E-state index contributed by atoms with van der Waals surface area (Å²) < 4.78 is 12.2. The molecule has 0 fully saturated rings. The second kappa shape index (κ2) is 8.16. The fourth-order valence-electron chi connectivity index (χ4n) is 3.48. The average Bonchev–Trinajstić information content (AvgIpc) is 3.24. The molecule has 0 radical (unpaired) electrons. The van der Waals surface area contributed by atoms with Gasteiger partial charge in [-0.05, 0) is 52.7 Å². The van der Waals surface area contributed by atoms with E-state index in [-0.39, 0.29) is 13.0 Å². The molecule has 150 valence electrons. The van der Waals surface area contributed by atoms with Crippen LogP contribution in [0.25, 0.3) is 0 Å². The average molecular weight is 496 g/mol. The summed E-state index contributed by atoms with van der Waals surface area (Å²) in [5.41, 5.74) is 8.10. The van der Waals surface area contributed by atoms with Gasteiger partial charge >= 0.3 is 0 Å². The Morgan fingerprint density at radius 1 is 1.32 bits per heavy atom. The summed E-state index contributed by atoms with van der Waals surface area (Å²) in [6.45, 7) is 7.38. The van der Waals surface area contributed by atoms with Gasteiger partial charge < -0.3 is 30.7 Å². The maximum Gasteiger partial charge on any atom is 0.231 e. The highest BCUT2D eigenvalue weighted by Crippen LogP contribution is 2.39. The van der Waals surface area contributed by atoms with Crippen molar-refractivity contribution in [3.63, 3.8) is 0 Å². The number of rotatable bonds is 7. The van der Waals surface area contributed by atoms with Crippen molar-refractivity contribution in [2.24, 2.45) is 5.92 Å². The van der Waals surface area contributed by atoms with Gasteiger partial charge in [0.05, 0.1) is 0 Å². The van der Waals surface area contributed by atoms with Gasteiger partial charge in [0.1, 0.15) is 18.2 Å². The van der Waals surface area contributed by atoms with Gasteiger partial charge in [-0.2, -0.15) is 0 Å². The number of aromatic nitrogens is 2. The monoisotopic (exact) mass is 496 g/mol. The summed E-state index contributed by atoms with van der Waals surface area (Å²) in [5, 5.41) is 7.02. The Labute approximate surface area is 178 Å². The van der Waals surface area contributed by atoms with E-state index in [4.69, 9.17) is 15.2 Å². The number of hydrogen-bond acceptors (Lipinski definition) is 8. The summed E-state index contributed by atoms with van der Waals surface area (Å²) in [5.74, 6) is 3.57. The van der Waals surface area contributed by atoms with Gasteiger partial charge in [0.25, 0.3) is 0 Å². The number of hydrogen-bond donors (Lipinski definition) is 3. The maximum atomic E-state index is 6.09. The normalized spacial score (nSPS) is 17.1. The van der Waals surface area contributed by atoms with Crippen molar-refractivity contribution in [2.75, 3.05) is 42.4 Å². The lowest BCUT2D eigenvalue weighted by atomic mass is 10.1. The zero-order valence-corrected chi connectivity index (χ0v) is 18.2. The highest BCUT2D eigenvalue weighted by molar-refractivity contribution is 14.1. The molecule has 2 aliphatic heterocycles. The van der Waals surface area contributed by atoms with Gasteiger partial charge in [0, 0.05) is 23.1 Å². The van der Waals surface area contributed by atoms with Gasteiger partial charge in [-0.25, -0.2) is 9.97 Å². The first kappa shape index (κ1) is 19.3. The van der Waals surface area contributed by atoms with Crippen LogP contribution in [0.5, 0.6) is 11.5 Å². The zero-order valence-electron chi connectivity index (χ0n) is 16.0. The minimum Gasteiger partial charge on any atom is -0.454 e. The molecule has 4 N–H and O–H groups in total. The topological polar surface area (TPSA) is 97.6 Å². The standard InChI is InChI=1S/C19H25IN6O2/c1-11(2)8-22-3-4-26-16(25-17-18(21)23-9-24-19(17)26)6-12-5-14-15(7-13(12)20)28-10-27-14/h5,7,9,11,16,22,25H,3-4,6,8,10H2,1-2H3,(H2,21,23,24). The highest BCUT2D eigenvalue weighted by atomic mass is 127. The first-order chi connectivity index (χ1) is 13.5. The van der Waals surface area contributed by atoms with Gasteiger partial charge in [0.2, 0.25) is 6.79 Å². The number of benzene rings is 1. The van der Waals surface area contributed by atoms with Crippen LogP contribution in [0.4, 0.5) is 17.3 Å². The quantitative estimate of drug-likeness (QED) is 0.398. The van der Waals surface area contributed by atoms with Gasteiger partial charge in [-0.1, -0.05) is 13.8 Å². The van der Waals surface area contributed by atoms with Crippen molar-refractivity contribution in [2.45, 2.75) is 26.4 Å². The number of nitrogens with two attached hydrogens (primary N) is 1. The van der Waals surface area contributed by atoms with E-state index in [1.165, 1.54) is 11.9 Å². The number of halogens is 1. The first-order valence-corrected chi connectivity index (χ1v) is 10.5. The first-order valence-electron chi connectivity index (χ1n) is 9.45. The molecule has 28 heavy (non-hydrogen) atoms. The molecule has 8 nitrogen and oxygen atoms in total. The van der Waals surface area contributed by atoms with Crippen LogP contribution in [0.2, 0.25) is 0 Å².